The number of aromatic nitrogens is 1. The van der Waals surface area contributed by atoms with Crippen molar-refractivity contribution in [1.29, 1.82) is 0 Å². The molecule has 3 N–H and O–H groups in total. The fourth-order valence-corrected chi connectivity index (χ4v) is 1.63. The van der Waals surface area contributed by atoms with E-state index in [0.29, 0.717) is 22.8 Å². The van der Waals surface area contributed by atoms with Crippen molar-refractivity contribution in [1.82, 2.24) is 4.98 Å². The molecule has 1 aromatic heterocycles. The Labute approximate surface area is 117 Å². The Morgan fingerprint density at radius 1 is 1.25 bits per heavy atom. The zero-order valence-electron chi connectivity index (χ0n) is 11.5. The highest BCUT2D eigenvalue weighted by molar-refractivity contribution is 6.05. The molecule has 0 bridgehead atoms. The van der Waals surface area contributed by atoms with Gasteiger partial charge in [0.1, 0.15) is 5.69 Å². The van der Waals surface area contributed by atoms with Crippen LogP contribution in [0.5, 0.6) is 5.88 Å². The summed E-state index contributed by atoms with van der Waals surface area (Å²) in [6.45, 7) is 3.81. The first-order chi connectivity index (χ1) is 9.56. The molecule has 1 aromatic carbocycles. The van der Waals surface area contributed by atoms with E-state index >= 15 is 0 Å². The van der Waals surface area contributed by atoms with E-state index in [4.69, 9.17) is 10.5 Å². The lowest BCUT2D eigenvalue weighted by molar-refractivity contribution is 0.102. The third-order valence-electron chi connectivity index (χ3n) is 2.54. The highest BCUT2D eigenvalue weighted by Crippen LogP contribution is 2.22. The topological polar surface area (TPSA) is 77.2 Å². The molecular formula is C15H17N3O2. The lowest BCUT2D eigenvalue weighted by Crippen LogP contribution is -2.15. The van der Waals surface area contributed by atoms with Crippen LogP contribution in [0.2, 0.25) is 0 Å². The van der Waals surface area contributed by atoms with E-state index in [1.54, 1.807) is 42.6 Å². The summed E-state index contributed by atoms with van der Waals surface area (Å²) in [4.78, 5) is 16.3. The van der Waals surface area contributed by atoms with Crippen LogP contribution in [-0.4, -0.2) is 17.0 Å². The minimum Gasteiger partial charge on any atom is -0.473 e. The Kier molecular flexibility index (Phi) is 4.20. The molecule has 0 saturated carbocycles. The molecule has 0 atom stereocenters. The van der Waals surface area contributed by atoms with Crippen LogP contribution >= 0.6 is 0 Å². The van der Waals surface area contributed by atoms with E-state index < -0.39 is 0 Å². The van der Waals surface area contributed by atoms with Crippen molar-refractivity contribution in [2.24, 2.45) is 0 Å². The van der Waals surface area contributed by atoms with Crippen LogP contribution in [-0.2, 0) is 0 Å². The van der Waals surface area contributed by atoms with Gasteiger partial charge in [-0.3, -0.25) is 4.79 Å². The van der Waals surface area contributed by atoms with Gasteiger partial charge in [0.25, 0.3) is 5.91 Å². The molecule has 0 fully saturated rings. The zero-order valence-corrected chi connectivity index (χ0v) is 11.5. The van der Waals surface area contributed by atoms with Gasteiger partial charge in [-0.2, -0.15) is 0 Å². The van der Waals surface area contributed by atoms with E-state index in [9.17, 15) is 4.79 Å². The number of benzene rings is 1. The Morgan fingerprint density at radius 3 is 2.60 bits per heavy atom. The molecule has 2 rings (SSSR count). The molecule has 0 aliphatic rings. The molecule has 1 heterocycles. The van der Waals surface area contributed by atoms with Gasteiger partial charge in [0.2, 0.25) is 5.88 Å². The predicted octanol–water partition coefficient (Wildman–Crippen LogP) is 2.70. The van der Waals surface area contributed by atoms with Crippen LogP contribution in [0.4, 0.5) is 11.4 Å². The Bertz CT molecular complexity index is 594. The maximum atomic E-state index is 12.1. The van der Waals surface area contributed by atoms with Gasteiger partial charge in [-0.25, -0.2) is 4.98 Å². The summed E-state index contributed by atoms with van der Waals surface area (Å²) < 4.78 is 5.56. The quantitative estimate of drug-likeness (QED) is 0.838. The molecule has 0 radical (unpaired) electrons. The second-order valence-electron chi connectivity index (χ2n) is 4.60. The maximum absolute atomic E-state index is 12.1. The number of carbonyl (C=O) groups is 1. The van der Waals surface area contributed by atoms with E-state index in [0.717, 1.165) is 0 Å². The van der Waals surface area contributed by atoms with Crippen molar-refractivity contribution < 1.29 is 9.53 Å². The summed E-state index contributed by atoms with van der Waals surface area (Å²) in [5.74, 6) is 0.179. The van der Waals surface area contributed by atoms with Crippen LogP contribution in [0.3, 0.4) is 0 Å². The van der Waals surface area contributed by atoms with Crippen molar-refractivity contribution in [3.05, 3.63) is 48.2 Å². The monoisotopic (exact) mass is 271 g/mol. The normalized spacial score (nSPS) is 10.3. The summed E-state index contributed by atoms with van der Waals surface area (Å²) in [6.07, 6.45) is 1.61. The Morgan fingerprint density at radius 2 is 1.95 bits per heavy atom. The molecule has 0 saturated heterocycles. The number of nitrogens with two attached hydrogens (primary N) is 1. The molecule has 0 spiro atoms. The first-order valence-corrected chi connectivity index (χ1v) is 6.35. The second-order valence-corrected chi connectivity index (χ2v) is 4.60. The standard InChI is InChI=1S/C15H17N3O2/c1-10(2)20-15-13(4-3-9-17-15)18-14(19)11-5-7-12(16)8-6-11/h3-10H,16H2,1-2H3,(H,18,19). The van der Waals surface area contributed by atoms with Gasteiger partial charge >= 0.3 is 0 Å². The molecule has 5 heteroatoms. The highest BCUT2D eigenvalue weighted by atomic mass is 16.5. The number of hydrogen-bond acceptors (Lipinski definition) is 4. The molecule has 0 aliphatic heterocycles. The number of anilines is 2. The van der Waals surface area contributed by atoms with Crippen molar-refractivity contribution in [3.8, 4) is 5.88 Å². The fourth-order valence-electron chi connectivity index (χ4n) is 1.63. The van der Waals surface area contributed by atoms with Crippen LogP contribution in [0.25, 0.3) is 0 Å². The second kappa shape index (κ2) is 6.06. The zero-order chi connectivity index (χ0) is 14.5. The van der Waals surface area contributed by atoms with E-state index in [-0.39, 0.29) is 12.0 Å². The SMILES string of the molecule is CC(C)Oc1ncccc1NC(=O)c1ccc(N)cc1. The van der Waals surface area contributed by atoms with Gasteiger partial charge in [-0.1, -0.05) is 0 Å². The molecular weight excluding hydrogens is 254 g/mol. The summed E-state index contributed by atoms with van der Waals surface area (Å²) >= 11 is 0. The Hall–Kier alpha value is -2.56. The van der Waals surface area contributed by atoms with Crippen LogP contribution in [0, 0.1) is 0 Å². The third-order valence-corrected chi connectivity index (χ3v) is 2.54. The van der Waals surface area contributed by atoms with Crippen molar-refractivity contribution in [3.63, 3.8) is 0 Å². The number of amides is 1. The van der Waals surface area contributed by atoms with Gasteiger partial charge in [0.15, 0.2) is 0 Å². The van der Waals surface area contributed by atoms with E-state index in [1.165, 1.54) is 0 Å². The van der Waals surface area contributed by atoms with Gasteiger partial charge in [-0.05, 0) is 50.2 Å². The van der Waals surface area contributed by atoms with Crippen molar-refractivity contribution >= 4 is 17.3 Å². The Balaban J connectivity index is 2.17. The molecule has 0 unspecified atom stereocenters. The third kappa shape index (κ3) is 3.47. The van der Waals surface area contributed by atoms with Gasteiger partial charge in [-0.15, -0.1) is 0 Å². The van der Waals surface area contributed by atoms with Crippen LogP contribution in [0.1, 0.15) is 24.2 Å². The fraction of sp³-hybridized carbons (Fsp3) is 0.200. The number of nitrogen functional groups attached to an aromatic ring is 1. The summed E-state index contributed by atoms with van der Waals surface area (Å²) in [7, 11) is 0. The van der Waals surface area contributed by atoms with Crippen LogP contribution < -0.4 is 15.8 Å². The van der Waals surface area contributed by atoms with Crippen molar-refractivity contribution in [2.45, 2.75) is 20.0 Å². The lowest BCUT2D eigenvalue weighted by atomic mass is 10.2. The predicted molar refractivity (Wildman–Crippen MR) is 78.8 cm³/mol. The number of nitrogens with zero attached hydrogens (tertiary/aromatic N) is 1. The van der Waals surface area contributed by atoms with E-state index in [1.807, 2.05) is 13.8 Å². The van der Waals surface area contributed by atoms with Crippen molar-refractivity contribution in [2.75, 3.05) is 11.1 Å². The maximum Gasteiger partial charge on any atom is 0.255 e. The average Bonchev–Trinajstić information content (AvgIpc) is 2.41. The van der Waals surface area contributed by atoms with E-state index in [2.05, 4.69) is 10.3 Å². The average molecular weight is 271 g/mol. The molecule has 104 valence electrons. The van der Waals surface area contributed by atoms with Gasteiger partial charge in [0.05, 0.1) is 6.10 Å². The highest BCUT2D eigenvalue weighted by Gasteiger charge is 2.11. The largest absolute Gasteiger partial charge is 0.473 e. The molecule has 1 amide bonds. The first kappa shape index (κ1) is 13.9. The molecule has 0 aliphatic carbocycles. The minimum atomic E-state index is -0.230. The van der Waals surface area contributed by atoms with Gasteiger partial charge < -0.3 is 15.8 Å². The molecule has 20 heavy (non-hydrogen) atoms. The minimum absolute atomic E-state index is 0.0166. The first-order valence-electron chi connectivity index (χ1n) is 6.35. The summed E-state index contributed by atoms with van der Waals surface area (Å²) in [5, 5.41) is 2.78. The molecule has 5 nitrogen and oxygen atoms in total. The number of pyridine rings is 1. The number of hydrogen-bond donors (Lipinski definition) is 2. The number of carbonyl (C=O) groups excluding carboxylic acids is 1. The number of rotatable bonds is 4. The summed E-state index contributed by atoms with van der Waals surface area (Å²) in [6, 6.07) is 10.2. The smallest absolute Gasteiger partial charge is 0.255 e. The van der Waals surface area contributed by atoms with Crippen LogP contribution in [0.15, 0.2) is 42.6 Å². The van der Waals surface area contributed by atoms with Gasteiger partial charge in [0, 0.05) is 17.4 Å². The lowest BCUT2D eigenvalue weighted by Gasteiger charge is -2.13. The number of nitrogens with one attached hydrogen (secondary N) is 1. The molecule has 2 aromatic rings. The number of ether oxygens (including phenoxy) is 1. The summed E-state index contributed by atoms with van der Waals surface area (Å²) in [5.41, 5.74) is 7.28.